The number of carbonyl (C=O) groups excluding carboxylic acids is 1. The molecule has 0 bridgehead atoms. The summed E-state index contributed by atoms with van der Waals surface area (Å²) in [6.07, 6.45) is 0.752. The van der Waals surface area contributed by atoms with Gasteiger partial charge in [-0.3, -0.25) is 0 Å². The van der Waals surface area contributed by atoms with Crippen molar-refractivity contribution in [3.8, 4) is 5.75 Å². The largest absolute Gasteiger partial charge is 0.414 e. The van der Waals surface area contributed by atoms with Gasteiger partial charge < -0.3 is 14.5 Å². The van der Waals surface area contributed by atoms with Crippen molar-refractivity contribution >= 4 is 24.2 Å². The van der Waals surface area contributed by atoms with Crippen molar-refractivity contribution in [3.05, 3.63) is 23.8 Å². The molecule has 1 amide bonds. The quantitative estimate of drug-likeness (QED) is 0.828. The number of anilines is 1. The highest BCUT2D eigenvalue weighted by atomic mass is 35.5. The number of rotatable bonds is 2. The van der Waals surface area contributed by atoms with E-state index in [0.29, 0.717) is 12.3 Å². The Labute approximate surface area is 114 Å². The fourth-order valence-corrected chi connectivity index (χ4v) is 1.89. The minimum absolute atomic E-state index is 0. The molecule has 0 atom stereocenters. The van der Waals surface area contributed by atoms with Gasteiger partial charge in [-0.1, -0.05) is 6.07 Å². The van der Waals surface area contributed by atoms with Crippen molar-refractivity contribution in [2.45, 2.75) is 13.3 Å². The Bertz CT molecular complexity index is 437. The molecule has 0 saturated heterocycles. The lowest BCUT2D eigenvalue weighted by Crippen LogP contribution is -2.29. The monoisotopic (exact) mass is 270 g/mol. The average Bonchev–Trinajstić information content (AvgIpc) is 2.70. The molecule has 0 spiro atoms. The number of carbonyl (C=O) groups is 1. The number of ether oxygens (including phenoxy) is 1. The van der Waals surface area contributed by atoms with Crippen LogP contribution in [0.25, 0.3) is 0 Å². The zero-order valence-electron chi connectivity index (χ0n) is 11.0. The molecule has 1 aromatic carbocycles. The number of fused-ring (bicyclic) bond motifs is 1. The van der Waals surface area contributed by atoms with Crippen LogP contribution in [0, 0.1) is 0 Å². The molecule has 1 heterocycles. The zero-order valence-corrected chi connectivity index (χ0v) is 11.8. The van der Waals surface area contributed by atoms with Crippen LogP contribution >= 0.6 is 12.4 Å². The molecule has 18 heavy (non-hydrogen) atoms. The summed E-state index contributed by atoms with van der Waals surface area (Å²) in [5.74, 6) is 0.614. The van der Waals surface area contributed by atoms with Gasteiger partial charge in [0.1, 0.15) is 5.75 Å². The van der Waals surface area contributed by atoms with E-state index in [1.165, 1.54) is 10.5 Å². The van der Waals surface area contributed by atoms with Gasteiger partial charge in [-0.05, 0) is 25.0 Å². The van der Waals surface area contributed by atoms with Crippen LogP contribution in [0.2, 0.25) is 0 Å². The van der Waals surface area contributed by atoms with Crippen LogP contribution in [-0.4, -0.2) is 38.2 Å². The van der Waals surface area contributed by atoms with E-state index >= 15 is 0 Å². The molecular formula is C13H19ClN2O2. The normalized spacial score (nSPS) is 12.7. The number of benzene rings is 1. The van der Waals surface area contributed by atoms with E-state index < -0.39 is 0 Å². The Morgan fingerprint density at radius 1 is 1.50 bits per heavy atom. The number of hydrogen-bond acceptors (Lipinski definition) is 3. The van der Waals surface area contributed by atoms with Gasteiger partial charge in [0, 0.05) is 38.9 Å². The Morgan fingerprint density at radius 2 is 2.22 bits per heavy atom. The molecule has 0 N–H and O–H groups in total. The van der Waals surface area contributed by atoms with Crippen molar-refractivity contribution < 1.29 is 9.53 Å². The summed E-state index contributed by atoms with van der Waals surface area (Å²) in [4.78, 5) is 15.3. The fourth-order valence-electron chi connectivity index (χ4n) is 1.89. The standard InChI is InChI=1S/C13H18N2O2.ClH/c1-4-14(2)13(16)17-11-6-5-10-7-8-15(3)12(10)9-11;/h5-6,9H,4,7-8H2,1-3H3;1H. The average molecular weight is 271 g/mol. The molecule has 0 aromatic heterocycles. The molecule has 1 aliphatic rings. The maximum Gasteiger partial charge on any atom is 0.414 e. The minimum atomic E-state index is -0.312. The lowest BCUT2D eigenvalue weighted by atomic mass is 10.1. The molecule has 0 radical (unpaired) electrons. The second-order valence-corrected chi connectivity index (χ2v) is 4.34. The van der Waals surface area contributed by atoms with Crippen molar-refractivity contribution in [2.24, 2.45) is 0 Å². The number of halogens is 1. The van der Waals surface area contributed by atoms with Crippen LogP contribution in [0.15, 0.2) is 18.2 Å². The van der Waals surface area contributed by atoms with Gasteiger partial charge in [-0.15, -0.1) is 12.4 Å². The predicted molar refractivity (Wildman–Crippen MR) is 75.0 cm³/mol. The summed E-state index contributed by atoms with van der Waals surface area (Å²) in [7, 11) is 3.78. The van der Waals surface area contributed by atoms with Gasteiger partial charge in [-0.25, -0.2) is 4.79 Å². The van der Waals surface area contributed by atoms with E-state index in [4.69, 9.17) is 4.74 Å². The van der Waals surface area contributed by atoms with Crippen LogP contribution in [0.5, 0.6) is 5.75 Å². The Kier molecular flexibility index (Phi) is 4.84. The number of nitrogens with zero attached hydrogens (tertiary/aromatic N) is 2. The number of likely N-dealkylation sites (N-methyl/N-ethyl adjacent to an activating group) is 1. The van der Waals surface area contributed by atoms with Crippen LogP contribution in [0.4, 0.5) is 10.5 Å². The van der Waals surface area contributed by atoms with Crippen molar-refractivity contribution in [2.75, 3.05) is 32.1 Å². The SMILES string of the molecule is CCN(C)C(=O)Oc1ccc2c(c1)N(C)CC2.Cl. The summed E-state index contributed by atoms with van der Waals surface area (Å²) >= 11 is 0. The van der Waals surface area contributed by atoms with E-state index in [0.717, 1.165) is 18.7 Å². The molecule has 0 aliphatic carbocycles. The third-order valence-corrected chi connectivity index (χ3v) is 3.18. The van der Waals surface area contributed by atoms with E-state index in [9.17, 15) is 4.79 Å². The summed E-state index contributed by atoms with van der Waals surface area (Å²) in [5, 5.41) is 0. The lowest BCUT2D eigenvalue weighted by Gasteiger charge is -2.16. The summed E-state index contributed by atoms with van der Waals surface area (Å²) in [5.41, 5.74) is 2.48. The maximum absolute atomic E-state index is 11.6. The predicted octanol–water partition coefficient (Wildman–Crippen LogP) is 2.55. The van der Waals surface area contributed by atoms with E-state index in [1.54, 1.807) is 7.05 Å². The second kappa shape index (κ2) is 5.96. The van der Waals surface area contributed by atoms with E-state index in [2.05, 4.69) is 11.9 Å². The number of amides is 1. The highest BCUT2D eigenvalue weighted by molar-refractivity contribution is 5.85. The van der Waals surface area contributed by atoms with Gasteiger partial charge in [-0.2, -0.15) is 0 Å². The van der Waals surface area contributed by atoms with Crippen molar-refractivity contribution in [1.82, 2.24) is 4.90 Å². The van der Waals surface area contributed by atoms with Gasteiger partial charge in [0.25, 0.3) is 0 Å². The van der Waals surface area contributed by atoms with Crippen molar-refractivity contribution in [1.29, 1.82) is 0 Å². The van der Waals surface area contributed by atoms with Gasteiger partial charge >= 0.3 is 6.09 Å². The second-order valence-electron chi connectivity index (χ2n) is 4.34. The third-order valence-electron chi connectivity index (χ3n) is 3.18. The van der Waals surface area contributed by atoms with Crippen LogP contribution in [0.3, 0.4) is 0 Å². The molecule has 4 nitrogen and oxygen atoms in total. The minimum Gasteiger partial charge on any atom is -0.410 e. The van der Waals surface area contributed by atoms with Gasteiger partial charge in [0.05, 0.1) is 0 Å². The molecule has 1 aliphatic heterocycles. The fraction of sp³-hybridized carbons (Fsp3) is 0.462. The zero-order chi connectivity index (χ0) is 12.4. The molecule has 100 valence electrons. The molecular weight excluding hydrogens is 252 g/mol. The highest BCUT2D eigenvalue weighted by Crippen LogP contribution is 2.30. The Hall–Kier alpha value is -1.42. The lowest BCUT2D eigenvalue weighted by molar-refractivity contribution is 0.165. The first-order chi connectivity index (χ1) is 8.11. The van der Waals surface area contributed by atoms with Crippen LogP contribution in [-0.2, 0) is 6.42 Å². The number of hydrogen-bond donors (Lipinski definition) is 0. The first-order valence-corrected chi connectivity index (χ1v) is 5.89. The first kappa shape index (κ1) is 14.6. The molecule has 2 rings (SSSR count). The van der Waals surface area contributed by atoms with Gasteiger partial charge in [0.15, 0.2) is 0 Å². The van der Waals surface area contributed by atoms with Crippen molar-refractivity contribution in [3.63, 3.8) is 0 Å². The Balaban J connectivity index is 0.00000162. The molecule has 5 heteroatoms. The van der Waals surface area contributed by atoms with Crippen LogP contribution < -0.4 is 9.64 Å². The van der Waals surface area contributed by atoms with Gasteiger partial charge in [0.2, 0.25) is 0 Å². The summed E-state index contributed by atoms with van der Waals surface area (Å²) in [6, 6.07) is 5.83. The topological polar surface area (TPSA) is 32.8 Å². The summed E-state index contributed by atoms with van der Waals surface area (Å²) in [6.45, 7) is 3.59. The molecule has 0 fully saturated rings. The van der Waals surface area contributed by atoms with E-state index in [1.807, 2.05) is 25.1 Å². The summed E-state index contributed by atoms with van der Waals surface area (Å²) < 4.78 is 5.30. The third kappa shape index (κ3) is 2.88. The maximum atomic E-state index is 11.6. The molecule has 0 saturated carbocycles. The van der Waals surface area contributed by atoms with Crippen LogP contribution in [0.1, 0.15) is 12.5 Å². The smallest absolute Gasteiger partial charge is 0.410 e. The Morgan fingerprint density at radius 3 is 2.89 bits per heavy atom. The van der Waals surface area contributed by atoms with E-state index in [-0.39, 0.29) is 18.5 Å². The molecule has 1 aromatic rings. The first-order valence-electron chi connectivity index (χ1n) is 5.89. The highest BCUT2D eigenvalue weighted by Gasteiger charge is 2.17. The molecule has 0 unspecified atom stereocenters.